The molecule has 1 heterocycles. The predicted octanol–water partition coefficient (Wildman–Crippen LogP) is 0.549. The third-order valence-corrected chi connectivity index (χ3v) is 3.35. The monoisotopic (exact) mass is 290 g/mol. The van der Waals surface area contributed by atoms with Gasteiger partial charge in [-0.3, -0.25) is 19.7 Å². The number of amides is 3. The first kappa shape index (κ1) is 15.0. The highest BCUT2D eigenvalue weighted by atomic mass is 16.5. The smallest absolute Gasteiger partial charge is 0.249 e. The Labute approximate surface area is 122 Å². The van der Waals surface area contributed by atoms with Crippen LogP contribution in [0.15, 0.2) is 24.3 Å². The largest absolute Gasteiger partial charge is 0.497 e. The average molecular weight is 290 g/mol. The summed E-state index contributed by atoms with van der Waals surface area (Å²) in [4.78, 5) is 34.4. The lowest BCUT2D eigenvalue weighted by atomic mass is 10.1. The van der Waals surface area contributed by atoms with E-state index in [1.165, 1.54) is 0 Å². The van der Waals surface area contributed by atoms with E-state index in [1.807, 2.05) is 24.3 Å². The first-order valence-corrected chi connectivity index (χ1v) is 6.84. The third-order valence-electron chi connectivity index (χ3n) is 3.35. The van der Waals surface area contributed by atoms with Crippen LogP contribution in [0.4, 0.5) is 0 Å². The molecule has 6 nitrogen and oxygen atoms in total. The second kappa shape index (κ2) is 6.88. The number of hydrogen-bond donors (Lipinski definition) is 2. The molecule has 0 radical (unpaired) electrons. The normalized spacial score (nSPS) is 18.0. The van der Waals surface area contributed by atoms with E-state index in [4.69, 9.17) is 4.74 Å². The van der Waals surface area contributed by atoms with Crippen LogP contribution < -0.4 is 15.4 Å². The highest BCUT2D eigenvalue weighted by molar-refractivity contribution is 6.01. The number of nitrogens with one attached hydrogen (secondary N) is 2. The summed E-state index contributed by atoms with van der Waals surface area (Å²) >= 11 is 0. The third kappa shape index (κ3) is 4.30. The van der Waals surface area contributed by atoms with E-state index >= 15 is 0 Å². The number of benzene rings is 1. The van der Waals surface area contributed by atoms with Crippen molar-refractivity contribution in [1.29, 1.82) is 0 Å². The summed E-state index contributed by atoms with van der Waals surface area (Å²) in [5.41, 5.74) is 0.993. The predicted molar refractivity (Wildman–Crippen MR) is 75.6 cm³/mol. The van der Waals surface area contributed by atoms with Crippen LogP contribution in [-0.2, 0) is 20.8 Å². The van der Waals surface area contributed by atoms with Gasteiger partial charge in [-0.25, -0.2) is 0 Å². The van der Waals surface area contributed by atoms with E-state index in [0.717, 1.165) is 11.3 Å². The van der Waals surface area contributed by atoms with Crippen molar-refractivity contribution in [3.05, 3.63) is 29.8 Å². The Balaban J connectivity index is 1.82. The van der Waals surface area contributed by atoms with Gasteiger partial charge in [-0.15, -0.1) is 0 Å². The van der Waals surface area contributed by atoms with Crippen molar-refractivity contribution in [2.45, 2.75) is 31.7 Å². The summed E-state index contributed by atoms with van der Waals surface area (Å²) in [5, 5.41) is 4.87. The van der Waals surface area contributed by atoms with Gasteiger partial charge in [-0.2, -0.15) is 0 Å². The molecule has 2 rings (SSSR count). The van der Waals surface area contributed by atoms with Crippen LogP contribution >= 0.6 is 0 Å². The molecule has 1 atom stereocenters. The molecule has 112 valence electrons. The van der Waals surface area contributed by atoms with Gasteiger partial charge in [0.05, 0.1) is 7.11 Å². The first-order chi connectivity index (χ1) is 10.1. The molecule has 1 aromatic carbocycles. The Bertz CT molecular complexity index is 556. The van der Waals surface area contributed by atoms with Gasteiger partial charge in [0, 0.05) is 12.8 Å². The maximum atomic E-state index is 11.9. The van der Waals surface area contributed by atoms with Crippen molar-refractivity contribution in [2.75, 3.05) is 7.11 Å². The number of carbonyl (C=O) groups is 3. The molecule has 0 aromatic heterocycles. The van der Waals surface area contributed by atoms with E-state index < -0.39 is 11.9 Å². The summed E-state index contributed by atoms with van der Waals surface area (Å²) < 4.78 is 5.12. The summed E-state index contributed by atoms with van der Waals surface area (Å²) in [5.74, 6) is -0.173. The number of hydrogen-bond acceptors (Lipinski definition) is 4. The zero-order valence-corrected chi connectivity index (χ0v) is 11.8. The summed E-state index contributed by atoms with van der Waals surface area (Å²) in [6.07, 6.45) is 1.46. The number of methoxy groups -OCH3 is 1. The average Bonchev–Trinajstić information content (AvgIpc) is 2.48. The molecule has 2 N–H and O–H groups in total. The fourth-order valence-electron chi connectivity index (χ4n) is 2.18. The minimum Gasteiger partial charge on any atom is -0.497 e. The highest BCUT2D eigenvalue weighted by Crippen LogP contribution is 2.14. The number of rotatable bonds is 5. The number of imide groups is 1. The minimum absolute atomic E-state index is 0.202. The van der Waals surface area contributed by atoms with E-state index in [1.54, 1.807) is 7.11 Å². The lowest BCUT2D eigenvalue weighted by Gasteiger charge is -2.21. The number of aryl methyl sites for hydroxylation is 1. The van der Waals surface area contributed by atoms with Gasteiger partial charge in [-0.05, 0) is 30.5 Å². The Morgan fingerprint density at radius 3 is 2.95 bits per heavy atom. The lowest BCUT2D eigenvalue weighted by Crippen LogP contribution is -2.52. The molecular weight excluding hydrogens is 272 g/mol. The summed E-state index contributed by atoms with van der Waals surface area (Å²) in [6.45, 7) is 0. The van der Waals surface area contributed by atoms with Crippen molar-refractivity contribution in [3.8, 4) is 5.75 Å². The molecule has 0 spiro atoms. The van der Waals surface area contributed by atoms with Crippen molar-refractivity contribution < 1.29 is 19.1 Å². The SMILES string of the molecule is COc1cccc(CCC(=O)NC2CCC(=O)NC2=O)c1. The van der Waals surface area contributed by atoms with Crippen LogP contribution in [0.1, 0.15) is 24.8 Å². The van der Waals surface area contributed by atoms with Crippen LogP contribution in [0.25, 0.3) is 0 Å². The van der Waals surface area contributed by atoms with E-state index in [-0.39, 0.29) is 24.7 Å². The maximum absolute atomic E-state index is 11.9. The molecule has 1 aromatic rings. The van der Waals surface area contributed by atoms with Crippen LogP contribution in [0.5, 0.6) is 5.75 Å². The minimum atomic E-state index is -0.611. The number of piperidine rings is 1. The van der Waals surface area contributed by atoms with Gasteiger partial charge in [0.2, 0.25) is 17.7 Å². The molecule has 21 heavy (non-hydrogen) atoms. The molecule has 0 bridgehead atoms. The fourth-order valence-corrected chi connectivity index (χ4v) is 2.18. The van der Waals surface area contributed by atoms with Gasteiger partial charge in [0.15, 0.2) is 0 Å². The molecular formula is C15H18N2O4. The number of ether oxygens (including phenoxy) is 1. The van der Waals surface area contributed by atoms with Crippen molar-refractivity contribution >= 4 is 17.7 Å². The molecule has 3 amide bonds. The maximum Gasteiger partial charge on any atom is 0.249 e. The van der Waals surface area contributed by atoms with E-state index in [9.17, 15) is 14.4 Å². The quantitative estimate of drug-likeness (QED) is 0.776. The van der Waals surface area contributed by atoms with Crippen molar-refractivity contribution in [2.24, 2.45) is 0 Å². The summed E-state index contributed by atoms with van der Waals surface area (Å²) in [6, 6.07) is 6.89. The van der Waals surface area contributed by atoms with Crippen LogP contribution in [0.3, 0.4) is 0 Å². The second-order valence-electron chi connectivity index (χ2n) is 4.92. The van der Waals surface area contributed by atoms with Gasteiger partial charge in [-0.1, -0.05) is 12.1 Å². The Morgan fingerprint density at radius 2 is 2.24 bits per heavy atom. The summed E-state index contributed by atoms with van der Waals surface area (Å²) in [7, 11) is 1.59. The van der Waals surface area contributed by atoms with E-state index in [0.29, 0.717) is 12.8 Å². The van der Waals surface area contributed by atoms with E-state index in [2.05, 4.69) is 10.6 Å². The molecule has 1 aliphatic rings. The molecule has 1 unspecified atom stereocenters. The van der Waals surface area contributed by atoms with Gasteiger partial charge >= 0.3 is 0 Å². The zero-order valence-electron chi connectivity index (χ0n) is 11.8. The van der Waals surface area contributed by atoms with Gasteiger partial charge in [0.25, 0.3) is 0 Å². The van der Waals surface area contributed by atoms with Gasteiger partial charge < -0.3 is 10.1 Å². The molecule has 1 aliphatic heterocycles. The lowest BCUT2D eigenvalue weighted by molar-refractivity contribution is -0.137. The number of carbonyl (C=O) groups excluding carboxylic acids is 3. The first-order valence-electron chi connectivity index (χ1n) is 6.84. The topological polar surface area (TPSA) is 84.5 Å². The van der Waals surface area contributed by atoms with Crippen LogP contribution in [0.2, 0.25) is 0 Å². The fraction of sp³-hybridized carbons (Fsp3) is 0.400. The Hall–Kier alpha value is -2.37. The molecule has 1 fully saturated rings. The Kier molecular flexibility index (Phi) is 4.92. The standard InChI is InChI=1S/C15H18N2O4/c1-21-11-4-2-3-10(9-11)5-7-13(18)16-12-6-8-14(19)17-15(12)20/h2-4,9,12H,5-8H2,1H3,(H,16,18)(H,17,19,20). The Morgan fingerprint density at radius 1 is 1.43 bits per heavy atom. The van der Waals surface area contributed by atoms with Crippen LogP contribution in [0, 0.1) is 0 Å². The van der Waals surface area contributed by atoms with Crippen LogP contribution in [-0.4, -0.2) is 30.9 Å². The molecule has 0 saturated carbocycles. The highest BCUT2D eigenvalue weighted by Gasteiger charge is 2.27. The van der Waals surface area contributed by atoms with Crippen molar-refractivity contribution in [1.82, 2.24) is 10.6 Å². The van der Waals surface area contributed by atoms with Crippen molar-refractivity contribution in [3.63, 3.8) is 0 Å². The molecule has 6 heteroatoms. The second-order valence-corrected chi connectivity index (χ2v) is 4.92. The zero-order chi connectivity index (χ0) is 15.2. The molecule has 1 saturated heterocycles. The molecule has 0 aliphatic carbocycles. The van der Waals surface area contributed by atoms with Gasteiger partial charge in [0.1, 0.15) is 11.8 Å².